The molecule has 3 heteroatoms. The molecule has 0 amide bonds. The number of likely N-dealkylation sites (tertiary alicyclic amines) is 1. The summed E-state index contributed by atoms with van der Waals surface area (Å²) < 4.78 is 0. The lowest BCUT2D eigenvalue weighted by molar-refractivity contribution is 0.130. The maximum atomic E-state index is 5.68. The van der Waals surface area contributed by atoms with Crippen molar-refractivity contribution in [2.45, 2.75) is 45.6 Å². The zero-order chi connectivity index (χ0) is 11.8. The van der Waals surface area contributed by atoms with E-state index in [1.54, 1.807) is 0 Å². The average molecular weight is 227 g/mol. The Labute approximate surface area is 101 Å². The molecule has 0 aromatic heterocycles. The average Bonchev–Trinajstić information content (AvgIpc) is 2.33. The van der Waals surface area contributed by atoms with Crippen LogP contribution in [0.2, 0.25) is 0 Å². The minimum Gasteiger partial charge on any atom is -0.329 e. The second-order valence-electron chi connectivity index (χ2n) is 4.79. The van der Waals surface area contributed by atoms with Crippen molar-refractivity contribution in [3.63, 3.8) is 0 Å². The molecular formula is C13H29N3. The third-order valence-corrected chi connectivity index (χ3v) is 3.84. The smallest absolute Gasteiger partial charge is 0.0108 e. The lowest BCUT2D eigenvalue weighted by atomic mass is 9.99. The van der Waals surface area contributed by atoms with Gasteiger partial charge in [0.05, 0.1) is 0 Å². The van der Waals surface area contributed by atoms with Crippen molar-refractivity contribution >= 4 is 0 Å². The fourth-order valence-corrected chi connectivity index (χ4v) is 2.72. The van der Waals surface area contributed by atoms with Gasteiger partial charge in [0.2, 0.25) is 0 Å². The number of hydrogen-bond acceptors (Lipinski definition) is 3. The Kier molecular flexibility index (Phi) is 7.01. The van der Waals surface area contributed by atoms with Crippen molar-refractivity contribution < 1.29 is 0 Å². The lowest BCUT2D eigenvalue weighted by Crippen LogP contribution is -2.43. The van der Waals surface area contributed by atoms with Gasteiger partial charge in [-0.15, -0.1) is 0 Å². The molecule has 1 saturated heterocycles. The van der Waals surface area contributed by atoms with E-state index in [1.807, 2.05) is 0 Å². The molecular weight excluding hydrogens is 198 g/mol. The van der Waals surface area contributed by atoms with Crippen LogP contribution in [0.25, 0.3) is 0 Å². The largest absolute Gasteiger partial charge is 0.329 e. The highest BCUT2D eigenvalue weighted by Crippen LogP contribution is 2.19. The highest BCUT2D eigenvalue weighted by molar-refractivity contribution is 4.78. The zero-order valence-corrected chi connectivity index (χ0v) is 11.1. The van der Waals surface area contributed by atoms with E-state index < -0.39 is 0 Å². The molecule has 2 N–H and O–H groups in total. The van der Waals surface area contributed by atoms with Crippen LogP contribution < -0.4 is 5.73 Å². The molecule has 1 aliphatic rings. The Morgan fingerprint density at radius 3 is 2.62 bits per heavy atom. The summed E-state index contributed by atoms with van der Waals surface area (Å²) in [5.74, 6) is 0. The van der Waals surface area contributed by atoms with Crippen LogP contribution in [-0.4, -0.2) is 55.1 Å². The summed E-state index contributed by atoms with van der Waals surface area (Å²) in [6.45, 7) is 11.3. The molecule has 1 heterocycles. The van der Waals surface area contributed by atoms with Crippen molar-refractivity contribution in [1.82, 2.24) is 9.80 Å². The van der Waals surface area contributed by atoms with Crippen LogP contribution in [0, 0.1) is 0 Å². The zero-order valence-electron chi connectivity index (χ0n) is 11.1. The van der Waals surface area contributed by atoms with Crippen molar-refractivity contribution in [3.8, 4) is 0 Å². The molecule has 0 aliphatic carbocycles. The Morgan fingerprint density at radius 2 is 2.00 bits per heavy atom. The number of nitrogens with two attached hydrogens (primary N) is 1. The van der Waals surface area contributed by atoms with Crippen LogP contribution in [-0.2, 0) is 0 Å². The fourth-order valence-electron chi connectivity index (χ4n) is 2.72. The van der Waals surface area contributed by atoms with Crippen LogP contribution in [0.4, 0.5) is 0 Å². The molecule has 0 radical (unpaired) electrons. The van der Waals surface area contributed by atoms with Gasteiger partial charge in [-0.2, -0.15) is 0 Å². The predicted molar refractivity (Wildman–Crippen MR) is 70.7 cm³/mol. The van der Waals surface area contributed by atoms with E-state index in [0.29, 0.717) is 0 Å². The van der Waals surface area contributed by atoms with Crippen molar-refractivity contribution in [2.24, 2.45) is 5.73 Å². The summed E-state index contributed by atoms with van der Waals surface area (Å²) in [5.41, 5.74) is 5.68. The predicted octanol–water partition coefficient (Wildman–Crippen LogP) is 1.53. The van der Waals surface area contributed by atoms with Gasteiger partial charge in [0, 0.05) is 19.1 Å². The number of nitrogens with zero attached hydrogens (tertiary/aromatic N) is 2. The van der Waals surface area contributed by atoms with E-state index in [2.05, 4.69) is 23.6 Å². The van der Waals surface area contributed by atoms with Gasteiger partial charge in [-0.25, -0.2) is 0 Å². The van der Waals surface area contributed by atoms with Gasteiger partial charge in [0.15, 0.2) is 0 Å². The Bertz CT molecular complexity index is 167. The van der Waals surface area contributed by atoms with E-state index in [4.69, 9.17) is 5.73 Å². The van der Waals surface area contributed by atoms with E-state index >= 15 is 0 Å². The van der Waals surface area contributed by atoms with Gasteiger partial charge in [-0.1, -0.05) is 20.3 Å². The molecule has 1 fully saturated rings. The molecule has 1 atom stereocenters. The molecule has 1 aliphatic heterocycles. The highest BCUT2D eigenvalue weighted by Gasteiger charge is 2.21. The summed E-state index contributed by atoms with van der Waals surface area (Å²) in [7, 11) is 0. The molecule has 0 spiro atoms. The normalized spacial score (nSPS) is 22.9. The first-order valence-corrected chi connectivity index (χ1v) is 6.98. The fraction of sp³-hybridized carbons (Fsp3) is 1.00. The van der Waals surface area contributed by atoms with Gasteiger partial charge in [0.25, 0.3) is 0 Å². The van der Waals surface area contributed by atoms with Crippen molar-refractivity contribution in [3.05, 3.63) is 0 Å². The molecule has 96 valence electrons. The van der Waals surface area contributed by atoms with E-state index in [0.717, 1.165) is 19.1 Å². The van der Waals surface area contributed by atoms with Gasteiger partial charge in [0.1, 0.15) is 0 Å². The number of rotatable bonds is 7. The first-order chi connectivity index (χ1) is 7.81. The maximum absolute atomic E-state index is 5.68. The molecule has 0 aromatic carbocycles. The van der Waals surface area contributed by atoms with Crippen LogP contribution >= 0.6 is 0 Å². The molecule has 0 bridgehead atoms. The molecule has 1 unspecified atom stereocenters. The first-order valence-electron chi connectivity index (χ1n) is 6.98. The Balaban J connectivity index is 2.31. The van der Waals surface area contributed by atoms with Crippen LogP contribution in [0.1, 0.15) is 39.5 Å². The molecule has 0 aromatic rings. The Hall–Kier alpha value is -0.120. The minimum atomic E-state index is 0.790. The summed E-state index contributed by atoms with van der Waals surface area (Å²) in [5, 5.41) is 0. The second kappa shape index (κ2) is 8.04. The van der Waals surface area contributed by atoms with Gasteiger partial charge in [-0.3, -0.25) is 4.90 Å². The quantitative estimate of drug-likeness (QED) is 0.716. The van der Waals surface area contributed by atoms with Crippen molar-refractivity contribution in [1.29, 1.82) is 0 Å². The SMILES string of the molecule is CCN(CC)CCC1CCCCN1CCN. The van der Waals surface area contributed by atoms with E-state index in [1.165, 1.54) is 51.9 Å². The lowest BCUT2D eigenvalue weighted by Gasteiger charge is -2.36. The Morgan fingerprint density at radius 1 is 1.25 bits per heavy atom. The monoisotopic (exact) mass is 227 g/mol. The molecule has 16 heavy (non-hydrogen) atoms. The second-order valence-corrected chi connectivity index (χ2v) is 4.79. The third-order valence-electron chi connectivity index (χ3n) is 3.84. The van der Waals surface area contributed by atoms with Crippen LogP contribution in [0.15, 0.2) is 0 Å². The topological polar surface area (TPSA) is 32.5 Å². The van der Waals surface area contributed by atoms with E-state index in [9.17, 15) is 0 Å². The van der Waals surface area contributed by atoms with E-state index in [-0.39, 0.29) is 0 Å². The summed E-state index contributed by atoms with van der Waals surface area (Å²) >= 11 is 0. The third kappa shape index (κ3) is 4.40. The van der Waals surface area contributed by atoms with Crippen LogP contribution in [0.3, 0.4) is 0 Å². The summed E-state index contributed by atoms with van der Waals surface area (Å²) in [6.07, 6.45) is 5.47. The molecule has 1 rings (SSSR count). The number of piperidine rings is 1. The number of hydrogen-bond donors (Lipinski definition) is 1. The minimum absolute atomic E-state index is 0.790. The van der Waals surface area contributed by atoms with Crippen LogP contribution in [0.5, 0.6) is 0 Å². The van der Waals surface area contributed by atoms with Gasteiger partial charge < -0.3 is 10.6 Å². The first kappa shape index (κ1) is 13.9. The molecule has 0 saturated carbocycles. The standard InChI is InChI=1S/C13H29N3/c1-3-15(4-2)11-8-13-7-5-6-10-16(13)12-9-14/h13H,3-12,14H2,1-2H3. The highest BCUT2D eigenvalue weighted by atomic mass is 15.2. The van der Waals surface area contributed by atoms with Crippen molar-refractivity contribution in [2.75, 3.05) is 39.3 Å². The summed E-state index contributed by atoms with van der Waals surface area (Å²) in [6, 6.07) is 0.790. The van der Waals surface area contributed by atoms with Gasteiger partial charge >= 0.3 is 0 Å². The summed E-state index contributed by atoms with van der Waals surface area (Å²) in [4.78, 5) is 5.13. The maximum Gasteiger partial charge on any atom is 0.0108 e. The molecule has 3 nitrogen and oxygen atoms in total. The van der Waals surface area contributed by atoms with Gasteiger partial charge in [-0.05, 0) is 45.4 Å².